The molecule has 1 fully saturated rings. The molecule has 0 bridgehead atoms. The molecule has 160 valence electrons. The van der Waals surface area contributed by atoms with Crippen molar-refractivity contribution >= 4 is 29.2 Å². The smallest absolute Gasteiger partial charge is 0.184 e. The van der Waals surface area contributed by atoms with E-state index in [1.807, 2.05) is 6.07 Å². The number of anilines is 1. The van der Waals surface area contributed by atoms with Crippen LogP contribution in [0.25, 0.3) is 0 Å². The molecule has 3 rings (SSSR count). The molecule has 3 N–H and O–H groups in total. The van der Waals surface area contributed by atoms with E-state index in [4.69, 9.17) is 5.73 Å². The van der Waals surface area contributed by atoms with Gasteiger partial charge in [-0.2, -0.15) is 5.10 Å². The molecule has 5 nitrogen and oxygen atoms in total. The van der Waals surface area contributed by atoms with Gasteiger partial charge in [-0.1, -0.05) is 51.1 Å². The van der Waals surface area contributed by atoms with Gasteiger partial charge in [-0.15, -0.1) is 0 Å². The van der Waals surface area contributed by atoms with Gasteiger partial charge in [-0.3, -0.25) is 10.3 Å². The van der Waals surface area contributed by atoms with Crippen LogP contribution < -0.4 is 16.1 Å². The summed E-state index contributed by atoms with van der Waals surface area (Å²) in [4.78, 5) is 4.52. The molecule has 1 heterocycles. The van der Waals surface area contributed by atoms with E-state index < -0.39 is 0 Å². The molecule has 0 aromatic heterocycles. The summed E-state index contributed by atoms with van der Waals surface area (Å²) < 4.78 is 14.6. The van der Waals surface area contributed by atoms with Gasteiger partial charge < -0.3 is 10.6 Å². The summed E-state index contributed by atoms with van der Waals surface area (Å²) >= 11 is 4.68. The fraction of sp³-hybridized carbons (Fsp3) is 0.391. The van der Waals surface area contributed by atoms with Crippen LogP contribution in [0, 0.1) is 5.82 Å². The molecular weight excluding hydrogens is 397 g/mol. The van der Waals surface area contributed by atoms with E-state index in [2.05, 4.69) is 77.6 Å². The van der Waals surface area contributed by atoms with E-state index in [-0.39, 0.29) is 16.3 Å². The van der Waals surface area contributed by atoms with Crippen LogP contribution in [0.4, 0.5) is 10.1 Å². The highest BCUT2D eigenvalue weighted by atomic mass is 32.1. The zero-order valence-electron chi connectivity index (χ0n) is 17.9. The van der Waals surface area contributed by atoms with E-state index in [1.165, 1.54) is 23.4 Å². The number of benzene rings is 2. The maximum Gasteiger partial charge on any atom is 0.184 e. The topological polar surface area (TPSA) is 56.9 Å². The third kappa shape index (κ3) is 6.00. The van der Waals surface area contributed by atoms with Crippen molar-refractivity contribution in [1.82, 2.24) is 10.3 Å². The summed E-state index contributed by atoms with van der Waals surface area (Å²) in [6.45, 7) is 11.0. The molecule has 2 aromatic carbocycles. The lowest BCUT2D eigenvalue weighted by Crippen LogP contribution is -2.46. The van der Waals surface area contributed by atoms with Gasteiger partial charge in [0, 0.05) is 32.7 Å². The number of hydrogen-bond acceptors (Lipinski definition) is 4. The van der Waals surface area contributed by atoms with Crippen molar-refractivity contribution in [3.63, 3.8) is 0 Å². The Hall–Kier alpha value is -2.51. The van der Waals surface area contributed by atoms with E-state index >= 15 is 0 Å². The lowest BCUT2D eigenvalue weighted by molar-refractivity contribution is 0.249. The fourth-order valence-corrected chi connectivity index (χ4v) is 3.60. The van der Waals surface area contributed by atoms with Gasteiger partial charge in [0.2, 0.25) is 0 Å². The number of nitrogens with one attached hydrogen (secondary N) is 1. The molecule has 0 saturated carbocycles. The van der Waals surface area contributed by atoms with Crippen LogP contribution in [-0.2, 0) is 12.0 Å². The molecule has 0 atom stereocenters. The highest BCUT2D eigenvalue weighted by Crippen LogP contribution is 2.24. The fourth-order valence-electron chi connectivity index (χ4n) is 3.55. The first-order chi connectivity index (χ1) is 14.2. The summed E-state index contributed by atoms with van der Waals surface area (Å²) in [6.07, 6.45) is 1.49. The molecule has 0 spiro atoms. The Bertz CT molecular complexity index is 897. The second kappa shape index (κ2) is 9.53. The van der Waals surface area contributed by atoms with Crippen molar-refractivity contribution in [2.75, 3.05) is 31.1 Å². The number of hydrogen-bond donors (Lipinski definition) is 2. The van der Waals surface area contributed by atoms with Crippen molar-refractivity contribution in [3.8, 4) is 0 Å². The zero-order chi connectivity index (χ0) is 21.7. The molecule has 2 aromatic rings. The largest absolute Gasteiger partial charge is 0.375 e. The van der Waals surface area contributed by atoms with Crippen molar-refractivity contribution in [2.45, 2.75) is 32.7 Å². The molecule has 7 heteroatoms. The standard InChI is InChI=1S/C23H30FN5S/c1-23(2,3)19-7-4-17(5-8-19)16-28-10-12-29(13-11-28)21-9-6-18(14-20(21)24)15-26-27-22(25)30/h4-9,14-15H,10-13,16H2,1-3H3,(H3,25,27,30)/b26-15+. The van der Waals surface area contributed by atoms with Crippen LogP contribution in [-0.4, -0.2) is 42.4 Å². The van der Waals surface area contributed by atoms with Crippen LogP contribution in [0.5, 0.6) is 0 Å². The van der Waals surface area contributed by atoms with E-state index in [9.17, 15) is 4.39 Å². The molecular formula is C23H30FN5S. The average Bonchev–Trinajstić information content (AvgIpc) is 2.68. The Morgan fingerprint density at radius 2 is 1.80 bits per heavy atom. The van der Waals surface area contributed by atoms with Crippen molar-refractivity contribution < 1.29 is 4.39 Å². The molecule has 1 saturated heterocycles. The third-order valence-corrected chi connectivity index (χ3v) is 5.39. The normalized spacial score (nSPS) is 15.5. The average molecular weight is 428 g/mol. The molecule has 0 radical (unpaired) electrons. The van der Waals surface area contributed by atoms with Gasteiger partial charge in [-0.05, 0) is 46.5 Å². The van der Waals surface area contributed by atoms with E-state index in [0.29, 0.717) is 11.3 Å². The molecule has 30 heavy (non-hydrogen) atoms. The van der Waals surface area contributed by atoms with Gasteiger partial charge in [0.05, 0.1) is 11.9 Å². The number of nitrogens with zero attached hydrogens (tertiary/aromatic N) is 3. The van der Waals surface area contributed by atoms with Gasteiger partial charge in [0.25, 0.3) is 0 Å². The number of hydrazone groups is 1. The van der Waals surface area contributed by atoms with Crippen LogP contribution >= 0.6 is 12.2 Å². The van der Waals surface area contributed by atoms with Crippen molar-refractivity contribution in [2.24, 2.45) is 10.8 Å². The molecule has 0 aliphatic carbocycles. The third-order valence-electron chi connectivity index (χ3n) is 5.30. The van der Waals surface area contributed by atoms with Crippen molar-refractivity contribution in [3.05, 3.63) is 65.0 Å². The Kier molecular flexibility index (Phi) is 7.05. The van der Waals surface area contributed by atoms with Crippen molar-refractivity contribution in [1.29, 1.82) is 0 Å². The minimum absolute atomic E-state index is 0.0753. The van der Waals surface area contributed by atoms with E-state index in [1.54, 1.807) is 6.07 Å². The quantitative estimate of drug-likeness (QED) is 0.434. The number of nitrogens with two attached hydrogens (primary N) is 1. The van der Waals surface area contributed by atoms with Crippen LogP contribution in [0.15, 0.2) is 47.6 Å². The summed E-state index contributed by atoms with van der Waals surface area (Å²) in [5.74, 6) is -0.250. The SMILES string of the molecule is CC(C)(C)c1ccc(CN2CCN(c3ccc(/C=N/NC(N)=S)cc3F)CC2)cc1. The number of halogens is 1. The van der Waals surface area contributed by atoms with Gasteiger partial charge in [0.15, 0.2) is 5.11 Å². The summed E-state index contributed by atoms with van der Waals surface area (Å²) in [6, 6.07) is 14.0. The maximum absolute atomic E-state index is 14.6. The summed E-state index contributed by atoms with van der Waals surface area (Å²) in [5.41, 5.74) is 11.9. The maximum atomic E-state index is 14.6. The first-order valence-electron chi connectivity index (χ1n) is 10.2. The van der Waals surface area contributed by atoms with Gasteiger partial charge in [-0.25, -0.2) is 4.39 Å². The predicted octanol–water partition coefficient (Wildman–Crippen LogP) is 3.61. The lowest BCUT2D eigenvalue weighted by Gasteiger charge is -2.36. The first-order valence-corrected chi connectivity index (χ1v) is 10.6. The van der Waals surface area contributed by atoms with Crippen LogP contribution in [0.2, 0.25) is 0 Å². The van der Waals surface area contributed by atoms with Gasteiger partial charge >= 0.3 is 0 Å². The Morgan fingerprint density at radius 3 is 2.37 bits per heavy atom. The summed E-state index contributed by atoms with van der Waals surface area (Å²) in [7, 11) is 0. The number of rotatable bonds is 5. The Labute approximate surface area is 183 Å². The molecule has 0 unspecified atom stereocenters. The lowest BCUT2D eigenvalue weighted by atomic mass is 9.87. The predicted molar refractivity (Wildman–Crippen MR) is 127 cm³/mol. The van der Waals surface area contributed by atoms with Crippen LogP contribution in [0.1, 0.15) is 37.5 Å². The molecule has 1 aliphatic heterocycles. The summed E-state index contributed by atoms with van der Waals surface area (Å²) in [5, 5.41) is 3.94. The van der Waals surface area contributed by atoms with Crippen LogP contribution in [0.3, 0.4) is 0 Å². The second-order valence-corrected chi connectivity index (χ2v) is 9.10. The molecule has 1 aliphatic rings. The Morgan fingerprint density at radius 1 is 1.13 bits per heavy atom. The minimum atomic E-state index is -0.250. The monoisotopic (exact) mass is 427 g/mol. The van der Waals surface area contributed by atoms with Gasteiger partial charge in [0.1, 0.15) is 5.82 Å². The minimum Gasteiger partial charge on any atom is -0.375 e. The number of piperazine rings is 1. The van der Waals surface area contributed by atoms with E-state index in [0.717, 1.165) is 32.7 Å². The molecule has 0 amide bonds. The highest BCUT2D eigenvalue weighted by Gasteiger charge is 2.20. The first kappa shape index (κ1) is 22.2. The second-order valence-electron chi connectivity index (χ2n) is 8.66. The zero-order valence-corrected chi connectivity index (χ0v) is 18.7. The number of thiocarbonyl (C=S) groups is 1. The highest BCUT2D eigenvalue weighted by molar-refractivity contribution is 7.80. The Balaban J connectivity index is 1.55.